The van der Waals surface area contributed by atoms with Crippen LogP contribution in [0, 0.1) is 6.92 Å². The highest BCUT2D eigenvalue weighted by Crippen LogP contribution is 2.11. The van der Waals surface area contributed by atoms with E-state index >= 15 is 0 Å². The lowest BCUT2D eigenvalue weighted by molar-refractivity contribution is 0.0951. The minimum atomic E-state index is -0.201. The Hall–Kier alpha value is -1.63. The molecule has 0 saturated carbocycles. The van der Waals surface area contributed by atoms with Crippen LogP contribution < -0.4 is 5.32 Å². The standard InChI is InChI=1S/C13H22N4O3/c1-3-19-13(18)17-8-5-11(6-9-17)14-7-4-12-15-10(2)20-16-12/h11,14H,3-9H2,1-2H3. The van der Waals surface area contributed by atoms with Crippen molar-refractivity contribution in [2.45, 2.75) is 39.2 Å². The van der Waals surface area contributed by atoms with Gasteiger partial charge in [0, 0.05) is 39.0 Å². The Kier molecular flexibility index (Phi) is 5.34. The lowest BCUT2D eigenvalue weighted by Gasteiger charge is -2.31. The molecule has 1 saturated heterocycles. The monoisotopic (exact) mass is 282 g/mol. The summed E-state index contributed by atoms with van der Waals surface area (Å²) in [6.45, 7) is 6.36. The van der Waals surface area contributed by atoms with E-state index in [9.17, 15) is 4.79 Å². The Morgan fingerprint density at radius 2 is 2.25 bits per heavy atom. The first-order valence-electron chi connectivity index (χ1n) is 7.13. The van der Waals surface area contributed by atoms with E-state index in [-0.39, 0.29) is 6.09 Å². The van der Waals surface area contributed by atoms with Crippen molar-refractivity contribution in [2.75, 3.05) is 26.2 Å². The van der Waals surface area contributed by atoms with Gasteiger partial charge < -0.3 is 19.5 Å². The number of ether oxygens (including phenoxy) is 1. The Balaban J connectivity index is 1.63. The molecule has 1 aromatic heterocycles. The van der Waals surface area contributed by atoms with Gasteiger partial charge in [0.25, 0.3) is 0 Å². The Morgan fingerprint density at radius 3 is 2.85 bits per heavy atom. The highest BCUT2D eigenvalue weighted by atomic mass is 16.6. The summed E-state index contributed by atoms with van der Waals surface area (Å²) in [6.07, 6.45) is 2.46. The Morgan fingerprint density at radius 1 is 1.50 bits per heavy atom. The number of amides is 1. The molecule has 2 heterocycles. The average molecular weight is 282 g/mol. The maximum atomic E-state index is 11.6. The van der Waals surface area contributed by atoms with Gasteiger partial charge in [0.05, 0.1) is 6.61 Å². The second-order valence-corrected chi connectivity index (χ2v) is 4.89. The SMILES string of the molecule is CCOC(=O)N1CCC(NCCc2noc(C)n2)CC1. The number of aromatic nitrogens is 2. The van der Waals surface area contributed by atoms with E-state index in [1.807, 2.05) is 6.92 Å². The molecule has 0 bridgehead atoms. The maximum Gasteiger partial charge on any atom is 0.409 e. The molecule has 1 N–H and O–H groups in total. The first-order valence-corrected chi connectivity index (χ1v) is 7.13. The summed E-state index contributed by atoms with van der Waals surface area (Å²) in [5.74, 6) is 1.33. The number of likely N-dealkylation sites (tertiary alicyclic amines) is 1. The van der Waals surface area contributed by atoms with Gasteiger partial charge >= 0.3 is 6.09 Å². The quantitative estimate of drug-likeness (QED) is 0.872. The summed E-state index contributed by atoms with van der Waals surface area (Å²) in [7, 11) is 0. The summed E-state index contributed by atoms with van der Waals surface area (Å²) < 4.78 is 9.92. The predicted octanol–water partition coefficient (Wildman–Crippen LogP) is 1.13. The summed E-state index contributed by atoms with van der Waals surface area (Å²) >= 11 is 0. The topological polar surface area (TPSA) is 80.5 Å². The molecule has 1 aliphatic heterocycles. The normalized spacial score (nSPS) is 16.4. The number of rotatable bonds is 5. The lowest BCUT2D eigenvalue weighted by atomic mass is 10.1. The van der Waals surface area contributed by atoms with Crippen LogP contribution in [0.5, 0.6) is 0 Å². The lowest BCUT2D eigenvalue weighted by Crippen LogP contribution is -2.45. The van der Waals surface area contributed by atoms with Gasteiger partial charge in [0.15, 0.2) is 5.82 Å². The number of nitrogens with zero attached hydrogens (tertiary/aromatic N) is 3. The van der Waals surface area contributed by atoms with Crippen LogP contribution in [-0.2, 0) is 11.2 Å². The van der Waals surface area contributed by atoms with Crippen LogP contribution in [0.2, 0.25) is 0 Å². The van der Waals surface area contributed by atoms with Crippen LogP contribution in [-0.4, -0.2) is 53.4 Å². The fourth-order valence-corrected chi connectivity index (χ4v) is 2.31. The van der Waals surface area contributed by atoms with Crippen LogP contribution >= 0.6 is 0 Å². The summed E-state index contributed by atoms with van der Waals surface area (Å²) in [6, 6.07) is 0.439. The fraction of sp³-hybridized carbons (Fsp3) is 0.769. The van der Waals surface area contributed by atoms with Gasteiger partial charge in [-0.1, -0.05) is 5.16 Å². The molecule has 0 unspecified atom stereocenters. The second-order valence-electron chi connectivity index (χ2n) is 4.89. The molecular weight excluding hydrogens is 260 g/mol. The van der Waals surface area contributed by atoms with E-state index in [1.54, 1.807) is 11.8 Å². The highest BCUT2D eigenvalue weighted by Gasteiger charge is 2.23. The van der Waals surface area contributed by atoms with Gasteiger partial charge in [0.1, 0.15) is 0 Å². The highest BCUT2D eigenvalue weighted by molar-refractivity contribution is 5.67. The maximum absolute atomic E-state index is 11.6. The number of aryl methyl sites for hydroxylation is 1. The zero-order valence-electron chi connectivity index (χ0n) is 12.1. The van der Waals surface area contributed by atoms with E-state index in [2.05, 4.69) is 15.5 Å². The van der Waals surface area contributed by atoms with Crippen molar-refractivity contribution in [2.24, 2.45) is 0 Å². The van der Waals surface area contributed by atoms with Crippen LogP contribution in [0.25, 0.3) is 0 Å². The zero-order valence-corrected chi connectivity index (χ0v) is 12.1. The average Bonchev–Trinajstić information content (AvgIpc) is 2.85. The van der Waals surface area contributed by atoms with E-state index < -0.39 is 0 Å². The molecular formula is C13H22N4O3. The third kappa shape index (κ3) is 4.19. The van der Waals surface area contributed by atoms with Crippen LogP contribution in [0.15, 0.2) is 4.52 Å². The van der Waals surface area contributed by atoms with Gasteiger partial charge in [-0.15, -0.1) is 0 Å². The van der Waals surface area contributed by atoms with Crippen molar-refractivity contribution in [1.29, 1.82) is 0 Å². The van der Waals surface area contributed by atoms with Crippen molar-refractivity contribution in [1.82, 2.24) is 20.4 Å². The molecule has 1 fully saturated rings. The number of hydrogen-bond donors (Lipinski definition) is 1. The molecule has 7 nitrogen and oxygen atoms in total. The Labute approximate surface area is 118 Å². The molecule has 112 valence electrons. The molecule has 0 radical (unpaired) electrons. The van der Waals surface area contributed by atoms with E-state index in [0.29, 0.717) is 18.5 Å². The van der Waals surface area contributed by atoms with Crippen LogP contribution in [0.4, 0.5) is 4.79 Å². The van der Waals surface area contributed by atoms with Crippen molar-refractivity contribution < 1.29 is 14.1 Å². The van der Waals surface area contributed by atoms with Crippen LogP contribution in [0.3, 0.4) is 0 Å². The van der Waals surface area contributed by atoms with E-state index in [1.165, 1.54) is 0 Å². The molecule has 2 rings (SSSR count). The van der Waals surface area contributed by atoms with E-state index in [4.69, 9.17) is 9.26 Å². The minimum absolute atomic E-state index is 0.201. The minimum Gasteiger partial charge on any atom is -0.450 e. The molecule has 1 amide bonds. The third-order valence-corrected chi connectivity index (χ3v) is 3.37. The van der Waals surface area contributed by atoms with Crippen molar-refractivity contribution in [3.05, 3.63) is 11.7 Å². The van der Waals surface area contributed by atoms with Crippen molar-refractivity contribution in [3.8, 4) is 0 Å². The van der Waals surface area contributed by atoms with Crippen LogP contribution in [0.1, 0.15) is 31.5 Å². The number of hydrogen-bond acceptors (Lipinski definition) is 6. The molecule has 0 aromatic carbocycles. The number of carbonyl (C=O) groups is 1. The Bertz CT molecular complexity index is 427. The zero-order chi connectivity index (χ0) is 14.4. The van der Waals surface area contributed by atoms with E-state index in [0.717, 1.165) is 44.7 Å². The van der Waals surface area contributed by atoms with Crippen molar-refractivity contribution in [3.63, 3.8) is 0 Å². The first-order chi connectivity index (χ1) is 9.69. The molecule has 0 spiro atoms. The smallest absolute Gasteiger partial charge is 0.409 e. The molecule has 1 aromatic rings. The second kappa shape index (κ2) is 7.23. The number of piperidine rings is 1. The number of carbonyl (C=O) groups excluding carboxylic acids is 1. The molecule has 1 aliphatic rings. The van der Waals surface area contributed by atoms with Crippen molar-refractivity contribution >= 4 is 6.09 Å². The molecule has 0 atom stereocenters. The largest absolute Gasteiger partial charge is 0.450 e. The number of nitrogens with one attached hydrogen (secondary N) is 1. The fourth-order valence-electron chi connectivity index (χ4n) is 2.31. The molecule has 7 heteroatoms. The summed E-state index contributed by atoms with van der Waals surface area (Å²) in [4.78, 5) is 17.5. The molecule has 0 aliphatic carbocycles. The molecule has 20 heavy (non-hydrogen) atoms. The van der Waals surface area contributed by atoms with Gasteiger partial charge in [-0.05, 0) is 19.8 Å². The third-order valence-electron chi connectivity index (χ3n) is 3.37. The van der Waals surface area contributed by atoms with Gasteiger partial charge in [-0.25, -0.2) is 4.79 Å². The predicted molar refractivity (Wildman–Crippen MR) is 72.4 cm³/mol. The van der Waals surface area contributed by atoms with Gasteiger partial charge in [0.2, 0.25) is 5.89 Å². The van der Waals surface area contributed by atoms with Gasteiger partial charge in [-0.2, -0.15) is 4.98 Å². The summed E-state index contributed by atoms with van der Waals surface area (Å²) in [5.41, 5.74) is 0. The van der Waals surface area contributed by atoms with Gasteiger partial charge in [-0.3, -0.25) is 0 Å². The first kappa shape index (κ1) is 14.8. The summed E-state index contributed by atoms with van der Waals surface area (Å²) in [5, 5.41) is 7.33.